The molecule has 0 aliphatic heterocycles. The zero-order valence-corrected chi connectivity index (χ0v) is 30.0. The van der Waals surface area contributed by atoms with Gasteiger partial charge in [-0.15, -0.1) is 0 Å². The number of rotatable bonds is 15. The van der Waals surface area contributed by atoms with Gasteiger partial charge in [-0.05, 0) is 138 Å². The van der Waals surface area contributed by atoms with Gasteiger partial charge >= 0.3 is 0 Å². The average Bonchev–Trinajstić information content (AvgIpc) is 3.06. The molecular weight excluding hydrogens is 516 g/mol. The van der Waals surface area contributed by atoms with Crippen molar-refractivity contribution < 1.29 is 0 Å². The molecule has 0 atom stereocenters. The molecule has 250 valence electrons. The Labute approximate surface area is 272 Å². The number of hydrogen-bond acceptors (Lipinski definition) is 0. The predicted molar refractivity (Wildman–Crippen MR) is 194 cm³/mol. The van der Waals surface area contributed by atoms with Crippen molar-refractivity contribution in [3.63, 3.8) is 0 Å². The first kappa shape index (κ1) is 36.9. The first-order chi connectivity index (χ1) is 21.2. The highest BCUT2D eigenvalue weighted by atomic mass is 14.4. The van der Waals surface area contributed by atoms with E-state index in [4.69, 9.17) is 0 Å². The van der Waals surface area contributed by atoms with E-state index in [1.807, 2.05) is 0 Å². The monoisotopic (exact) mass is 595 g/mol. The van der Waals surface area contributed by atoms with E-state index in [1.165, 1.54) is 96.3 Å². The minimum absolute atomic E-state index is 1.04. The summed E-state index contributed by atoms with van der Waals surface area (Å²) in [4.78, 5) is 0. The number of hydrogen-bond donors (Lipinski definition) is 0. The fraction of sp³-hybridized carbons (Fsp3) is 0.907. The van der Waals surface area contributed by atoms with Crippen LogP contribution in [-0.2, 0) is 0 Å². The second kappa shape index (κ2) is 22.9. The lowest BCUT2D eigenvalue weighted by atomic mass is 9.68. The van der Waals surface area contributed by atoms with Crippen molar-refractivity contribution in [1.82, 2.24) is 0 Å². The molecule has 4 fully saturated rings. The lowest BCUT2D eigenvalue weighted by molar-refractivity contribution is 0.140. The van der Waals surface area contributed by atoms with E-state index in [2.05, 4.69) is 52.0 Å². The van der Waals surface area contributed by atoms with E-state index in [-0.39, 0.29) is 0 Å². The standard InChI is InChI=1S/C22H40.C21H38/c1-3-5-7-9-19-11-15-21(16-12-19)22-17-13-20(14-18-22)10-8-6-4-2;1-3-5-7-9-19-12-16-21(17-13-19)20-14-10-18(11-15-20)8-6-4-2/h3,5,19-22H,4,6-18H2,1-2H3;3,5,18-21H,4,6-17H2,1-2H3/b2*5-3+. The SMILES string of the molecule is C/C=C/CCC1CCC(C2CCC(CCCC)CC2)CC1.C/C=C/CCC1CCC(C2CCC(CCCCC)CC2)CC1. The molecule has 0 unspecified atom stereocenters. The van der Waals surface area contributed by atoms with Gasteiger partial charge in [0.2, 0.25) is 0 Å². The van der Waals surface area contributed by atoms with Crippen LogP contribution in [0.4, 0.5) is 0 Å². The fourth-order valence-corrected chi connectivity index (χ4v) is 9.97. The quantitative estimate of drug-likeness (QED) is 0.131. The van der Waals surface area contributed by atoms with E-state index < -0.39 is 0 Å². The Kier molecular flexibility index (Phi) is 19.7. The molecular formula is C43H78. The highest BCUT2D eigenvalue weighted by Crippen LogP contribution is 2.44. The van der Waals surface area contributed by atoms with Crippen LogP contribution in [0.5, 0.6) is 0 Å². The van der Waals surface area contributed by atoms with Gasteiger partial charge in [0.05, 0.1) is 0 Å². The molecule has 0 N–H and O–H groups in total. The average molecular weight is 595 g/mol. The van der Waals surface area contributed by atoms with E-state index in [0.29, 0.717) is 0 Å². The van der Waals surface area contributed by atoms with Gasteiger partial charge in [0.15, 0.2) is 0 Å². The molecule has 43 heavy (non-hydrogen) atoms. The van der Waals surface area contributed by atoms with Gasteiger partial charge in [-0.3, -0.25) is 0 Å². The van der Waals surface area contributed by atoms with Crippen LogP contribution in [0.2, 0.25) is 0 Å². The molecule has 4 aliphatic rings. The minimum atomic E-state index is 1.04. The molecule has 0 spiro atoms. The second-order valence-corrected chi connectivity index (χ2v) is 16.1. The maximum Gasteiger partial charge on any atom is -0.0348 e. The summed E-state index contributed by atoms with van der Waals surface area (Å²) in [5, 5.41) is 0. The molecule has 0 nitrogen and oxygen atoms in total. The highest BCUT2D eigenvalue weighted by molar-refractivity contribution is 4.85. The largest absolute Gasteiger partial charge is 0.0917 e. The first-order valence-electron chi connectivity index (χ1n) is 20.4. The van der Waals surface area contributed by atoms with Crippen molar-refractivity contribution >= 4 is 0 Å². The van der Waals surface area contributed by atoms with Crippen LogP contribution in [0.15, 0.2) is 24.3 Å². The summed E-state index contributed by atoms with van der Waals surface area (Å²) < 4.78 is 0. The molecule has 4 saturated carbocycles. The number of allylic oxidation sites excluding steroid dienone is 4. The first-order valence-corrected chi connectivity index (χ1v) is 20.4. The summed E-state index contributed by atoms with van der Waals surface area (Å²) >= 11 is 0. The highest BCUT2D eigenvalue weighted by Gasteiger charge is 2.31. The summed E-state index contributed by atoms with van der Waals surface area (Å²) in [5.41, 5.74) is 0. The molecule has 0 aromatic heterocycles. The Morgan fingerprint density at radius 2 is 0.674 bits per heavy atom. The van der Waals surface area contributed by atoms with Crippen molar-refractivity contribution in [2.75, 3.05) is 0 Å². The fourth-order valence-electron chi connectivity index (χ4n) is 9.97. The van der Waals surface area contributed by atoms with Crippen LogP contribution in [-0.4, -0.2) is 0 Å². The third kappa shape index (κ3) is 14.6. The third-order valence-corrected chi connectivity index (χ3v) is 13.0. The van der Waals surface area contributed by atoms with Crippen LogP contribution in [0.3, 0.4) is 0 Å². The molecule has 0 aromatic carbocycles. The lowest BCUT2D eigenvalue weighted by Crippen LogP contribution is -2.25. The summed E-state index contributed by atoms with van der Waals surface area (Å²) in [5.74, 6) is 8.62. The van der Waals surface area contributed by atoms with Crippen LogP contribution < -0.4 is 0 Å². The van der Waals surface area contributed by atoms with Crippen molar-refractivity contribution in [1.29, 1.82) is 0 Å². The maximum atomic E-state index is 2.35. The summed E-state index contributed by atoms with van der Waals surface area (Å²) in [6, 6.07) is 0. The van der Waals surface area contributed by atoms with Crippen LogP contribution >= 0.6 is 0 Å². The molecule has 0 radical (unpaired) electrons. The van der Waals surface area contributed by atoms with Gasteiger partial charge in [0.1, 0.15) is 0 Å². The molecule has 0 heterocycles. The van der Waals surface area contributed by atoms with E-state index >= 15 is 0 Å². The summed E-state index contributed by atoms with van der Waals surface area (Å²) in [6.45, 7) is 8.95. The molecule has 0 heteroatoms. The topological polar surface area (TPSA) is 0 Å². The van der Waals surface area contributed by atoms with Crippen molar-refractivity contribution in [2.24, 2.45) is 47.3 Å². The zero-order chi connectivity index (χ0) is 30.5. The van der Waals surface area contributed by atoms with Gasteiger partial charge in [-0.25, -0.2) is 0 Å². The van der Waals surface area contributed by atoms with Crippen LogP contribution in [0.1, 0.15) is 201 Å². The Bertz CT molecular complexity index is 684. The Hall–Kier alpha value is -0.520. The Balaban J connectivity index is 0.000000236. The van der Waals surface area contributed by atoms with Gasteiger partial charge in [-0.2, -0.15) is 0 Å². The Morgan fingerprint density at radius 3 is 0.977 bits per heavy atom. The van der Waals surface area contributed by atoms with Gasteiger partial charge in [-0.1, -0.05) is 134 Å². The number of unbranched alkanes of at least 4 members (excludes halogenated alkanes) is 3. The molecule has 4 rings (SSSR count). The molecule has 0 saturated heterocycles. The Morgan fingerprint density at radius 1 is 0.372 bits per heavy atom. The van der Waals surface area contributed by atoms with E-state index in [0.717, 1.165) is 47.3 Å². The minimum Gasteiger partial charge on any atom is -0.0917 e. The summed E-state index contributed by atoms with van der Waals surface area (Å²) in [6.07, 6.45) is 49.6. The zero-order valence-electron chi connectivity index (χ0n) is 30.0. The molecule has 0 aromatic rings. The smallest absolute Gasteiger partial charge is 0.0348 e. The van der Waals surface area contributed by atoms with Crippen LogP contribution in [0, 0.1) is 47.3 Å². The molecule has 4 aliphatic carbocycles. The normalized spacial score (nSPS) is 33.9. The maximum absolute atomic E-state index is 2.35. The second-order valence-electron chi connectivity index (χ2n) is 16.1. The van der Waals surface area contributed by atoms with Crippen molar-refractivity contribution in [3.05, 3.63) is 24.3 Å². The van der Waals surface area contributed by atoms with Crippen molar-refractivity contribution in [3.8, 4) is 0 Å². The summed E-state index contributed by atoms with van der Waals surface area (Å²) in [7, 11) is 0. The van der Waals surface area contributed by atoms with Gasteiger partial charge < -0.3 is 0 Å². The van der Waals surface area contributed by atoms with Gasteiger partial charge in [0.25, 0.3) is 0 Å². The van der Waals surface area contributed by atoms with Crippen LogP contribution in [0.25, 0.3) is 0 Å². The molecule has 0 bridgehead atoms. The lowest BCUT2D eigenvalue weighted by Gasteiger charge is -2.38. The van der Waals surface area contributed by atoms with E-state index in [1.54, 1.807) is 77.0 Å². The predicted octanol–water partition coefficient (Wildman–Crippen LogP) is 14.7. The third-order valence-electron chi connectivity index (χ3n) is 13.0. The van der Waals surface area contributed by atoms with E-state index in [9.17, 15) is 0 Å². The van der Waals surface area contributed by atoms with Crippen molar-refractivity contribution in [2.45, 2.75) is 201 Å². The molecule has 0 amide bonds. The van der Waals surface area contributed by atoms with Gasteiger partial charge in [0, 0.05) is 0 Å².